The molecule has 2 aromatic rings. The molecule has 29 heavy (non-hydrogen) atoms. The molecule has 0 saturated carbocycles. The third-order valence-electron chi connectivity index (χ3n) is 6.74. The molecule has 0 radical (unpaired) electrons. The predicted octanol–water partition coefficient (Wildman–Crippen LogP) is 2.37. The molecule has 3 saturated heterocycles. The van der Waals surface area contributed by atoms with E-state index in [1.54, 1.807) is 0 Å². The Balaban J connectivity index is 1.12. The van der Waals surface area contributed by atoms with Crippen LogP contribution in [0.15, 0.2) is 28.7 Å². The average Bonchev–Trinajstić information content (AvgIpc) is 3.24. The summed E-state index contributed by atoms with van der Waals surface area (Å²) in [6.07, 6.45) is 4.23. The van der Waals surface area contributed by atoms with E-state index in [1.807, 2.05) is 29.2 Å². The Hall–Kier alpha value is -2.12. The molecule has 0 unspecified atom stereocenters. The van der Waals surface area contributed by atoms with Gasteiger partial charge in [-0.1, -0.05) is 12.1 Å². The number of morpholine rings is 1. The number of para-hydroxylation sites is 2. The van der Waals surface area contributed by atoms with Gasteiger partial charge in [0.2, 0.25) is 5.91 Å². The van der Waals surface area contributed by atoms with Gasteiger partial charge in [0.25, 0.3) is 6.01 Å². The monoisotopic (exact) mass is 398 g/mol. The molecular formula is C22H30N4O3. The van der Waals surface area contributed by atoms with E-state index >= 15 is 0 Å². The maximum absolute atomic E-state index is 12.7. The van der Waals surface area contributed by atoms with E-state index in [2.05, 4.69) is 14.8 Å². The SMILES string of the molecule is O=C(C1CCN(C2CCN(c3nc4ccccc4o3)CC2)CC1)N1CCOCC1. The number of fused-ring (bicyclic) bond motifs is 1. The number of carbonyl (C=O) groups is 1. The fourth-order valence-corrected chi connectivity index (χ4v) is 4.97. The van der Waals surface area contributed by atoms with E-state index in [0.29, 0.717) is 25.2 Å². The highest BCUT2D eigenvalue weighted by Gasteiger charge is 2.33. The van der Waals surface area contributed by atoms with E-state index in [0.717, 1.165) is 82.1 Å². The minimum atomic E-state index is 0.198. The van der Waals surface area contributed by atoms with Gasteiger partial charge in [-0.15, -0.1) is 0 Å². The maximum Gasteiger partial charge on any atom is 0.298 e. The first kappa shape index (κ1) is 18.9. The van der Waals surface area contributed by atoms with Crippen molar-refractivity contribution in [2.24, 2.45) is 5.92 Å². The van der Waals surface area contributed by atoms with Crippen molar-refractivity contribution >= 4 is 23.0 Å². The number of likely N-dealkylation sites (tertiary alicyclic amines) is 1. The van der Waals surface area contributed by atoms with Crippen LogP contribution in [0.1, 0.15) is 25.7 Å². The molecule has 0 N–H and O–H groups in total. The lowest BCUT2D eigenvalue weighted by atomic mass is 9.92. The highest BCUT2D eigenvalue weighted by Crippen LogP contribution is 2.28. The van der Waals surface area contributed by atoms with Gasteiger partial charge in [0.05, 0.1) is 13.2 Å². The molecule has 0 bridgehead atoms. The van der Waals surface area contributed by atoms with Gasteiger partial charge in [0, 0.05) is 38.1 Å². The zero-order valence-corrected chi connectivity index (χ0v) is 17.0. The fourth-order valence-electron chi connectivity index (χ4n) is 4.97. The van der Waals surface area contributed by atoms with Crippen LogP contribution in [0.2, 0.25) is 0 Å². The second kappa shape index (κ2) is 8.32. The molecule has 3 aliphatic rings. The lowest BCUT2D eigenvalue weighted by Crippen LogP contribution is -2.50. The van der Waals surface area contributed by atoms with Crippen LogP contribution in [0.4, 0.5) is 6.01 Å². The fraction of sp³-hybridized carbons (Fsp3) is 0.636. The maximum atomic E-state index is 12.7. The standard InChI is InChI=1S/C22H30N4O3/c27-21(25-13-15-28-16-14-25)17-5-9-24(10-6-17)18-7-11-26(12-8-18)22-23-19-3-1-2-4-20(19)29-22/h1-4,17-18H,5-16H2. The summed E-state index contributed by atoms with van der Waals surface area (Å²) in [5.41, 5.74) is 1.79. The zero-order chi connectivity index (χ0) is 19.6. The summed E-state index contributed by atoms with van der Waals surface area (Å²) in [4.78, 5) is 24.3. The molecule has 0 aliphatic carbocycles. The molecule has 156 valence electrons. The Morgan fingerprint density at radius 3 is 2.38 bits per heavy atom. The number of piperidine rings is 2. The van der Waals surface area contributed by atoms with Gasteiger partial charge in [-0.05, 0) is 50.9 Å². The minimum absolute atomic E-state index is 0.198. The van der Waals surface area contributed by atoms with Crippen molar-refractivity contribution in [2.75, 3.05) is 57.4 Å². The topological polar surface area (TPSA) is 62.1 Å². The van der Waals surface area contributed by atoms with Gasteiger partial charge < -0.3 is 23.9 Å². The van der Waals surface area contributed by atoms with Crippen LogP contribution >= 0.6 is 0 Å². The number of ether oxygens (including phenoxy) is 1. The zero-order valence-electron chi connectivity index (χ0n) is 17.0. The van der Waals surface area contributed by atoms with Crippen molar-refractivity contribution in [1.29, 1.82) is 0 Å². The third kappa shape index (κ3) is 3.98. The molecular weight excluding hydrogens is 368 g/mol. The summed E-state index contributed by atoms with van der Waals surface area (Å²) in [6, 6.07) is 9.30. The Bertz CT molecular complexity index is 798. The summed E-state index contributed by atoms with van der Waals surface area (Å²) < 4.78 is 11.3. The third-order valence-corrected chi connectivity index (χ3v) is 6.74. The first-order valence-electron chi connectivity index (χ1n) is 11.0. The molecule has 1 amide bonds. The number of amides is 1. The number of carbonyl (C=O) groups excluding carboxylic acids is 1. The Kier molecular flexibility index (Phi) is 5.42. The number of nitrogens with zero attached hydrogens (tertiary/aromatic N) is 4. The molecule has 4 heterocycles. The second-order valence-electron chi connectivity index (χ2n) is 8.43. The number of hydrogen-bond donors (Lipinski definition) is 0. The molecule has 1 aromatic carbocycles. The number of rotatable bonds is 3. The summed E-state index contributed by atoms with van der Waals surface area (Å²) >= 11 is 0. The number of anilines is 1. The average molecular weight is 399 g/mol. The Labute approximate surface area is 171 Å². The van der Waals surface area contributed by atoms with Crippen LogP contribution in [-0.4, -0.2) is 79.2 Å². The van der Waals surface area contributed by atoms with Crippen molar-refractivity contribution < 1.29 is 13.9 Å². The summed E-state index contributed by atoms with van der Waals surface area (Å²) in [5, 5.41) is 0. The van der Waals surface area contributed by atoms with Crippen LogP contribution in [0.25, 0.3) is 11.1 Å². The molecule has 7 heteroatoms. The quantitative estimate of drug-likeness (QED) is 0.791. The van der Waals surface area contributed by atoms with Gasteiger partial charge in [-0.25, -0.2) is 0 Å². The van der Waals surface area contributed by atoms with Crippen molar-refractivity contribution in [3.8, 4) is 0 Å². The molecule has 0 atom stereocenters. The van der Waals surface area contributed by atoms with Crippen molar-refractivity contribution in [2.45, 2.75) is 31.7 Å². The second-order valence-corrected chi connectivity index (χ2v) is 8.43. The minimum Gasteiger partial charge on any atom is -0.423 e. The van der Waals surface area contributed by atoms with Gasteiger partial charge in [-0.2, -0.15) is 4.98 Å². The summed E-state index contributed by atoms with van der Waals surface area (Å²) in [5.74, 6) is 0.544. The molecule has 7 nitrogen and oxygen atoms in total. The molecule has 5 rings (SSSR count). The van der Waals surface area contributed by atoms with Crippen LogP contribution in [0.5, 0.6) is 0 Å². The Morgan fingerprint density at radius 1 is 0.931 bits per heavy atom. The number of benzene rings is 1. The first-order valence-corrected chi connectivity index (χ1v) is 11.0. The van der Waals surface area contributed by atoms with E-state index in [4.69, 9.17) is 9.15 Å². The summed E-state index contributed by atoms with van der Waals surface area (Å²) in [7, 11) is 0. The number of oxazole rings is 1. The Morgan fingerprint density at radius 2 is 1.66 bits per heavy atom. The van der Waals surface area contributed by atoms with Crippen LogP contribution in [0.3, 0.4) is 0 Å². The van der Waals surface area contributed by atoms with Gasteiger partial charge in [-0.3, -0.25) is 4.79 Å². The number of hydrogen-bond acceptors (Lipinski definition) is 6. The van der Waals surface area contributed by atoms with Crippen molar-refractivity contribution in [3.63, 3.8) is 0 Å². The van der Waals surface area contributed by atoms with Crippen LogP contribution in [-0.2, 0) is 9.53 Å². The van der Waals surface area contributed by atoms with E-state index in [9.17, 15) is 4.79 Å². The highest BCUT2D eigenvalue weighted by molar-refractivity contribution is 5.79. The molecule has 3 fully saturated rings. The van der Waals surface area contributed by atoms with Crippen LogP contribution in [0, 0.1) is 5.92 Å². The van der Waals surface area contributed by atoms with E-state index < -0.39 is 0 Å². The predicted molar refractivity (Wildman–Crippen MR) is 111 cm³/mol. The number of aromatic nitrogens is 1. The van der Waals surface area contributed by atoms with Crippen molar-refractivity contribution in [3.05, 3.63) is 24.3 Å². The van der Waals surface area contributed by atoms with Crippen LogP contribution < -0.4 is 4.90 Å². The summed E-state index contributed by atoms with van der Waals surface area (Å²) in [6.45, 7) is 6.91. The van der Waals surface area contributed by atoms with E-state index in [1.165, 1.54) is 0 Å². The lowest BCUT2D eigenvalue weighted by Gasteiger charge is -2.42. The molecule has 0 spiro atoms. The molecule has 1 aromatic heterocycles. The van der Waals surface area contributed by atoms with Gasteiger partial charge in [0.1, 0.15) is 5.52 Å². The lowest BCUT2D eigenvalue weighted by molar-refractivity contribution is -0.141. The van der Waals surface area contributed by atoms with Gasteiger partial charge >= 0.3 is 0 Å². The molecule has 3 aliphatic heterocycles. The largest absolute Gasteiger partial charge is 0.423 e. The highest BCUT2D eigenvalue weighted by atomic mass is 16.5. The van der Waals surface area contributed by atoms with Crippen molar-refractivity contribution in [1.82, 2.24) is 14.8 Å². The van der Waals surface area contributed by atoms with Gasteiger partial charge in [0.15, 0.2) is 5.58 Å². The first-order chi connectivity index (χ1) is 14.3. The van der Waals surface area contributed by atoms with E-state index in [-0.39, 0.29) is 5.92 Å². The normalized spacial score (nSPS) is 23.0. The smallest absolute Gasteiger partial charge is 0.298 e.